The van der Waals surface area contributed by atoms with Crippen LogP contribution in [-0.4, -0.2) is 34.8 Å². The van der Waals surface area contributed by atoms with Crippen LogP contribution in [0.1, 0.15) is 24.4 Å². The van der Waals surface area contributed by atoms with E-state index < -0.39 is 0 Å². The molecule has 126 valence electrons. The van der Waals surface area contributed by atoms with Crippen molar-refractivity contribution in [2.75, 3.05) is 18.4 Å². The first-order valence-corrected chi connectivity index (χ1v) is 8.73. The molecule has 1 unspecified atom stereocenters. The zero-order valence-corrected chi connectivity index (χ0v) is 14.2. The van der Waals surface area contributed by atoms with Crippen molar-refractivity contribution in [2.24, 2.45) is 5.92 Å². The van der Waals surface area contributed by atoms with Crippen LogP contribution in [0.2, 0.25) is 0 Å². The molecule has 1 fully saturated rings. The van der Waals surface area contributed by atoms with Gasteiger partial charge in [0.15, 0.2) is 5.13 Å². The number of aromatic nitrogens is 1. The number of rotatable bonds is 4. The predicted octanol–water partition coefficient (Wildman–Crippen LogP) is 2.94. The topological polar surface area (TPSA) is 75.4 Å². The Kier molecular flexibility index (Phi) is 5.10. The minimum Gasteiger partial charge on any atom is -0.462 e. The van der Waals surface area contributed by atoms with E-state index in [1.807, 2.05) is 24.4 Å². The monoisotopic (exact) mass is 345 g/mol. The second kappa shape index (κ2) is 7.44. The molecule has 0 saturated carbocycles. The van der Waals surface area contributed by atoms with Gasteiger partial charge >= 0.3 is 0 Å². The van der Waals surface area contributed by atoms with Crippen molar-refractivity contribution in [1.82, 2.24) is 9.88 Å². The van der Waals surface area contributed by atoms with Gasteiger partial charge in [-0.05, 0) is 38.0 Å². The van der Waals surface area contributed by atoms with E-state index in [2.05, 4.69) is 10.3 Å². The molecule has 0 radical (unpaired) electrons. The van der Waals surface area contributed by atoms with Crippen molar-refractivity contribution in [3.8, 4) is 0 Å². The number of nitrogens with one attached hydrogen (secondary N) is 1. The molecule has 3 heterocycles. The smallest absolute Gasteiger partial charge is 0.246 e. The van der Waals surface area contributed by atoms with Crippen LogP contribution in [0.25, 0.3) is 6.08 Å². The third-order valence-corrected chi connectivity index (χ3v) is 4.61. The Bertz CT molecular complexity index is 736. The number of carbonyl (C=O) groups excluding carboxylic acids is 2. The molecule has 0 spiro atoms. The fourth-order valence-corrected chi connectivity index (χ4v) is 3.22. The van der Waals surface area contributed by atoms with Gasteiger partial charge in [-0.3, -0.25) is 9.59 Å². The van der Waals surface area contributed by atoms with Crippen molar-refractivity contribution in [3.05, 3.63) is 41.3 Å². The largest absolute Gasteiger partial charge is 0.462 e. The molecule has 2 amide bonds. The average Bonchev–Trinajstić information content (AvgIpc) is 3.24. The highest BCUT2D eigenvalue weighted by Crippen LogP contribution is 2.20. The summed E-state index contributed by atoms with van der Waals surface area (Å²) in [6.07, 6.45) is 6.41. The highest BCUT2D eigenvalue weighted by molar-refractivity contribution is 7.13. The van der Waals surface area contributed by atoms with Gasteiger partial charge in [-0.25, -0.2) is 4.98 Å². The molecule has 0 aliphatic carbocycles. The number of hydrogen-bond donors (Lipinski definition) is 1. The predicted molar refractivity (Wildman–Crippen MR) is 92.5 cm³/mol. The van der Waals surface area contributed by atoms with E-state index in [0.717, 1.165) is 18.6 Å². The molecule has 6 nitrogen and oxygen atoms in total. The Hall–Kier alpha value is -2.41. The van der Waals surface area contributed by atoms with Gasteiger partial charge in [-0.2, -0.15) is 0 Å². The number of aryl methyl sites for hydroxylation is 1. The third-order valence-electron chi connectivity index (χ3n) is 3.92. The van der Waals surface area contributed by atoms with E-state index in [9.17, 15) is 9.59 Å². The number of carbonyl (C=O) groups is 2. The zero-order chi connectivity index (χ0) is 16.9. The lowest BCUT2D eigenvalue weighted by atomic mass is 9.97. The molecule has 24 heavy (non-hydrogen) atoms. The lowest BCUT2D eigenvalue weighted by molar-refractivity contribution is -0.130. The molecule has 1 aliphatic heterocycles. The van der Waals surface area contributed by atoms with E-state index in [1.54, 1.807) is 17.2 Å². The van der Waals surface area contributed by atoms with Gasteiger partial charge in [0, 0.05) is 30.7 Å². The van der Waals surface area contributed by atoms with Crippen LogP contribution in [0.15, 0.2) is 34.2 Å². The van der Waals surface area contributed by atoms with Crippen LogP contribution in [0.5, 0.6) is 0 Å². The van der Waals surface area contributed by atoms with Crippen LogP contribution >= 0.6 is 11.3 Å². The van der Waals surface area contributed by atoms with Crippen LogP contribution in [0, 0.1) is 12.8 Å². The second-order valence-electron chi connectivity index (χ2n) is 5.73. The number of nitrogens with zero attached hydrogens (tertiary/aromatic N) is 2. The highest BCUT2D eigenvalue weighted by atomic mass is 32.1. The summed E-state index contributed by atoms with van der Waals surface area (Å²) in [6.45, 7) is 2.95. The summed E-state index contributed by atoms with van der Waals surface area (Å²) < 4.78 is 5.41. The van der Waals surface area contributed by atoms with Crippen molar-refractivity contribution in [3.63, 3.8) is 0 Å². The maximum atomic E-state index is 12.3. The minimum absolute atomic E-state index is 0.0758. The fraction of sp³-hybridized carbons (Fsp3) is 0.353. The Morgan fingerprint density at radius 3 is 3.04 bits per heavy atom. The third kappa shape index (κ3) is 4.11. The number of piperidine rings is 1. The Balaban J connectivity index is 1.57. The number of anilines is 1. The number of furan rings is 1. The molecule has 1 atom stereocenters. The van der Waals surface area contributed by atoms with Crippen molar-refractivity contribution in [2.45, 2.75) is 19.8 Å². The first-order chi connectivity index (χ1) is 11.6. The van der Waals surface area contributed by atoms with Crippen LogP contribution in [-0.2, 0) is 9.59 Å². The summed E-state index contributed by atoms with van der Waals surface area (Å²) in [5.41, 5.74) is 0. The summed E-state index contributed by atoms with van der Waals surface area (Å²) in [6, 6.07) is 3.67. The number of thiazole rings is 1. The average molecular weight is 345 g/mol. The van der Waals surface area contributed by atoms with E-state index in [-0.39, 0.29) is 17.7 Å². The number of amides is 2. The van der Waals surface area contributed by atoms with E-state index >= 15 is 0 Å². The lowest BCUT2D eigenvalue weighted by Gasteiger charge is -2.31. The number of hydrogen-bond acceptors (Lipinski definition) is 5. The first-order valence-electron chi connectivity index (χ1n) is 7.85. The molecular formula is C17H19N3O3S. The van der Waals surface area contributed by atoms with Gasteiger partial charge in [0.25, 0.3) is 0 Å². The standard InChI is InChI=1S/C17H19N3O3S/c1-12-4-5-14(23-12)6-7-15(21)20-9-2-3-13(11-20)16(22)19-17-18-8-10-24-17/h4-8,10,13H,2-3,9,11H2,1H3,(H,18,19,22)/b7-6+. The lowest BCUT2D eigenvalue weighted by Crippen LogP contribution is -2.43. The van der Waals surface area contributed by atoms with Gasteiger partial charge in [-0.15, -0.1) is 11.3 Å². The quantitative estimate of drug-likeness (QED) is 0.865. The Labute approximate surface area is 144 Å². The second-order valence-corrected chi connectivity index (χ2v) is 6.63. The Morgan fingerprint density at radius 1 is 1.46 bits per heavy atom. The van der Waals surface area contributed by atoms with Crippen LogP contribution in [0.4, 0.5) is 5.13 Å². The molecule has 0 aromatic carbocycles. The molecule has 2 aromatic rings. The minimum atomic E-state index is -0.203. The normalized spacial score (nSPS) is 18.0. The SMILES string of the molecule is Cc1ccc(/C=C/C(=O)N2CCCC(C(=O)Nc3nccs3)C2)o1. The molecule has 3 rings (SSSR count). The molecule has 0 bridgehead atoms. The van der Waals surface area contributed by atoms with E-state index in [0.29, 0.717) is 24.0 Å². The molecule has 1 aliphatic rings. The Morgan fingerprint density at radius 2 is 2.33 bits per heavy atom. The molecule has 1 saturated heterocycles. The van der Waals surface area contributed by atoms with Crippen molar-refractivity contribution >= 4 is 34.4 Å². The van der Waals surface area contributed by atoms with Gasteiger partial charge in [0.05, 0.1) is 5.92 Å². The van der Waals surface area contributed by atoms with Crippen molar-refractivity contribution < 1.29 is 14.0 Å². The molecule has 7 heteroatoms. The number of likely N-dealkylation sites (tertiary alicyclic amines) is 1. The first kappa shape index (κ1) is 16.4. The summed E-state index contributed by atoms with van der Waals surface area (Å²) in [7, 11) is 0. The van der Waals surface area contributed by atoms with E-state index in [1.165, 1.54) is 17.4 Å². The maximum absolute atomic E-state index is 12.3. The van der Waals surface area contributed by atoms with Crippen molar-refractivity contribution in [1.29, 1.82) is 0 Å². The van der Waals surface area contributed by atoms with Gasteiger partial charge in [0.2, 0.25) is 11.8 Å². The molecule has 1 N–H and O–H groups in total. The summed E-state index contributed by atoms with van der Waals surface area (Å²) in [5, 5.41) is 5.22. The fourth-order valence-electron chi connectivity index (χ4n) is 2.69. The van der Waals surface area contributed by atoms with Gasteiger partial charge in [-0.1, -0.05) is 0 Å². The van der Waals surface area contributed by atoms with E-state index in [4.69, 9.17) is 4.42 Å². The summed E-state index contributed by atoms with van der Waals surface area (Å²) in [5.74, 6) is 1.07. The van der Waals surface area contributed by atoms with Gasteiger partial charge in [0.1, 0.15) is 11.5 Å². The zero-order valence-electron chi connectivity index (χ0n) is 13.4. The van der Waals surface area contributed by atoms with Crippen LogP contribution in [0.3, 0.4) is 0 Å². The maximum Gasteiger partial charge on any atom is 0.246 e. The summed E-state index contributed by atoms with van der Waals surface area (Å²) >= 11 is 1.38. The highest BCUT2D eigenvalue weighted by Gasteiger charge is 2.28. The molecular weight excluding hydrogens is 326 g/mol. The van der Waals surface area contributed by atoms with Crippen LogP contribution < -0.4 is 5.32 Å². The van der Waals surface area contributed by atoms with Gasteiger partial charge < -0.3 is 14.6 Å². The summed E-state index contributed by atoms with van der Waals surface area (Å²) in [4.78, 5) is 30.4. The molecule has 2 aromatic heterocycles.